The Hall–Kier alpha value is -1.31. The summed E-state index contributed by atoms with van der Waals surface area (Å²) in [5.41, 5.74) is 6.92. The monoisotopic (exact) mass is 379 g/mol. The maximum Gasteiger partial charge on any atom is 0.0176 e. The van der Waals surface area contributed by atoms with Gasteiger partial charge < -0.3 is 0 Å². The van der Waals surface area contributed by atoms with E-state index in [-0.39, 0.29) is 12.4 Å². The quantitative estimate of drug-likeness (QED) is 0.630. The van der Waals surface area contributed by atoms with E-state index in [0.717, 1.165) is 5.92 Å². The van der Waals surface area contributed by atoms with Gasteiger partial charge in [-0.3, -0.25) is 4.90 Å². The van der Waals surface area contributed by atoms with E-state index in [4.69, 9.17) is 0 Å². The highest BCUT2D eigenvalue weighted by atomic mass is 35.5. The van der Waals surface area contributed by atoms with E-state index >= 15 is 0 Å². The number of hydrogen-bond acceptors (Lipinski definition) is 1. The van der Waals surface area contributed by atoms with Crippen molar-refractivity contribution in [2.75, 3.05) is 13.1 Å². The van der Waals surface area contributed by atoms with Gasteiger partial charge in [-0.05, 0) is 54.4 Å². The van der Waals surface area contributed by atoms with E-state index in [9.17, 15) is 0 Å². The highest BCUT2D eigenvalue weighted by Crippen LogP contribution is 2.64. The van der Waals surface area contributed by atoms with Gasteiger partial charge in [-0.1, -0.05) is 61.4 Å². The van der Waals surface area contributed by atoms with Gasteiger partial charge in [0.2, 0.25) is 0 Å². The summed E-state index contributed by atoms with van der Waals surface area (Å²) in [6.07, 6.45) is 7.15. The normalized spacial score (nSPS) is 34.0. The van der Waals surface area contributed by atoms with Gasteiger partial charge in [-0.15, -0.1) is 12.4 Å². The molecule has 2 unspecified atom stereocenters. The van der Waals surface area contributed by atoms with Gasteiger partial charge >= 0.3 is 0 Å². The first-order chi connectivity index (χ1) is 12.8. The van der Waals surface area contributed by atoms with Crippen LogP contribution >= 0.6 is 12.4 Å². The molecule has 1 saturated carbocycles. The Morgan fingerprint density at radius 3 is 2.37 bits per heavy atom. The van der Waals surface area contributed by atoms with Crippen LogP contribution in [0.5, 0.6) is 0 Å². The Balaban J connectivity index is 0.00000160. The molecule has 1 heterocycles. The van der Waals surface area contributed by atoms with Crippen molar-refractivity contribution < 1.29 is 0 Å². The lowest BCUT2D eigenvalue weighted by Gasteiger charge is -2.39. The van der Waals surface area contributed by atoms with Gasteiger partial charge in [0.15, 0.2) is 0 Å². The first-order valence-corrected chi connectivity index (χ1v) is 10.7. The molecule has 6 rings (SSSR count). The lowest BCUT2D eigenvalue weighted by molar-refractivity contribution is 0.216. The average molecular weight is 380 g/mol. The van der Waals surface area contributed by atoms with Crippen molar-refractivity contribution in [2.45, 2.75) is 62.3 Å². The molecule has 4 atom stereocenters. The average Bonchev–Trinajstić information content (AvgIpc) is 3.35. The molecule has 4 aliphatic rings. The Labute approximate surface area is 169 Å². The molecule has 142 valence electrons. The van der Waals surface area contributed by atoms with E-state index in [1.54, 1.807) is 22.3 Å². The summed E-state index contributed by atoms with van der Waals surface area (Å²) in [5, 5.41) is 0. The minimum Gasteiger partial charge on any atom is -0.299 e. The molecule has 2 heteroatoms. The van der Waals surface area contributed by atoms with E-state index in [2.05, 4.69) is 60.4 Å². The van der Waals surface area contributed by atoms with Crippen molar-refractivity contribution in [1.29, 1.82) is 0 Å². The number of likely N-dealkylation sites (tertiary alicyclic amines) is 1. The predicted molar refractivity (Wildman–Crippen MR) is 114 cm³/mol. The van der Waals surface area contributed by atoms with Crippen molar-refractivity contribution in [3.8, 4) is 0 Å². The summed E-state index contributed by atoms with van der Waals surface area (Å²) < 4.78 is 0. The Morgan fingerprint density at radius 1 is 0.926 bits per heavy atom. The molecule has 2 fully saturated rings. The largest absolute Gasteiger partial charge is 0.299 e. The van der Waals surface area contributed by atoms with Crippen LogP contribution in [0, 0.1) is 5.92 Å². The molecule has 3 aliphatic carbocycles. The van der Waals surface area contributed by atoms with Gasteiger partial charge in [0.25, 0.3) is 0 Å². The van der Waals surface area contributed by atoms with Crippen molar-refractivity contribution in [3.63, 3.8) is 0 Å². The Bertz CT molecular complexity index is 855. The number of benzene rings is 2. The van der Waals surface area contributed by atoms with Gasteiger partial charge in [-0.25, -0.2) is 0 Å². The third-order valence-corrected chi connectivity index (χ3v) is 8.25. The molecular formula is C25H30ClN. The zero-order valence-electron chi connectivity index (χ0n) is 16.2. The lowest BCUT2D eigenvalue weighted by atomic mass is 9.63. The van der Waals surface area contributed by atoms with Crippen molar-refractivity contribution >= 4 is 12.4 Å². The minimum absolute atomic E-state index is 0. The Morgan fingerprint density at radius 2 is 1.59 bits per heavy atom. The number of halogens is 1. The van der Waals surface area contributed by atoms with Crippen LogP contribution in [0.25, 0.3) is 0 Å². The van der Waals surface area contributed by atoms with Crippen LogP contribution in [-0.2, 0) is 5.41 Å². The van der Waals surface area contributed by atoms with Crippen LogP contribution in [0.1, 0.15) is 73.1 Å². The molecule has 2 bridgehead atoms. The number of hydrogen-bond donors (Lipinski definition) is 0. The van der Waals surface area contributed by atoms with E-state index in [1.807, 2.05) is 0 Å². The summed E-state index contributed by atoms with van der Waals surface area (Å²) in [5.74, 6) is 2.23. The molecule has 0 amide bonds. The van der Waals surface area contributed by atoms with Gasteiger partial charge in [-0.2, -0.15) is 0 Å². The second kappa shape index (κ2) is 6.36. The maximum absolute atomic E-state index is 2.88. The predicted octanol–water partition coefficient (Wildman–Crippen LogP) is 5.87. The Kier molecular flexibility index (Phi) is 4.18. The van der Waals surface area contributed by atoms with E-state index < -0.39 is 0 Å². The van der Waals surface area contributed by atoms with Crippen LogP contribution < -0.4 is 0 Å². The molecule has 27 heavy (non-hydrogen) atoms. The fourth-order valence-corrected chi connectivity index (χ4v) is 7.26. The van der Waals surface area contributed by atoms with E-state index in [1.165, 1.54) is 45.2 Å². The minimum atomic E-state index is 0. The number of rotatable bonds is 2. The summed E-state index contributed by atoms with van der Waals surface area (Å²) in [6.45, 7) is 5.12. The number of fused-ring (bicyclic) bond motifs is 3. The third-order valence-electron chi connectivity index (χ3n) is 8.25. The molecule has 0 N–H and O–H groups in total. The van der Waals surface area contributed by atoms with Gasteiger partial charge in [0, 0.05) is 36.4 Å². The zero-order chi connectivity index (χ0) is 17.3. The SMILES string of the molecule is C[C@@H]1[C@@H]2c3ccccc3C3CC2(CN1CC1CCCC1)c1ccccc13.Cl. The fraction of sp³-hybridized carbons (Fsp3) is 0.520. The first kappa shape index (κ1) is 17.8. The highest BCUT2D eigenvalue weighted by molar-refractivity contribution is 5.85. The van der Waals surface area contributed by atoms with Crippen molar-refractivity contribution in [1.82, 2.24) is 4.90 Å². The van der Waals surface area contributed by atoms with Gasteiger partial charge in [0.1, 0.15) is 0 Å². The van der Waals surface area contributed by atoms with Crippen LogP contribution in [0.2, 0.25) is 0 Å². The lowest BCUT2D eigenvalue weighted by Crippen LogP contribution is -2.35. The first-order valence-electron chi connectivity index (χ1n) is 10.7. The summed E-state index contributed by atoms with van der Waals surface area (Å²) >= 11 is 0. The second-order valence-electron chi connectivity index (χ2n) is 9.43. The van der Waals surface area contributed by atoms with Crippen LogP contribution in [0.3, 0.4) is 0 Å². The molecule has 1 spiro atoms. The van der Waals surface area contributed by atoms with Crippen LogP contribution in [0.4, 0.5) is 0 Å². The molecule has 1 saturated heterocycles. The molecule has 0 radical (unpaired) electrons. The molecule has 0 aromatic heterocycles. The smallest absolute Gasteiger partial charge is 0.0176 e. The molecule has 1 nitrogen and oxygen atoms in total. The fourth-order valence-electron chi connectivity index (χ4n) is 7.26. The third kappa shape index (κ3) is 2.34. The van der Waals surface area contributed by atoms with Crippen molar-refractivity contribution in [2.24, 2.45) is 5.92 Å². The van der Waals surface area contributed by atoms with Gasteiger partial charge in [0.05, 0.1) is 0 Å². The molecular weight excluding hydrogens is 350 g/mol. The topological polar surface area (TPSA) is 3.24 Å². The summed E-state index contributed by atoms with van der Waals surface area (Å²) in [4.78, 5) is 2.88. The molecule has 1 aliphatic heterocycles. The maximum atomic E-state index is 2.88. The molecule has 2 aromatic carbocycles. The second-order valence-corrected chi connectivity index (χ2v) is 9.43. The zero-order valence-corrected chi connectivity index (χ0v) is 17.0. The van der Waals surface area contributed by atoms with Crippen LogP contribution in [-0.4, -0.2) is 24.0 Å². The van der Waals surface area contributed by atoms with E-state index in [0.29, 0.717) is 23.3 Å². The van der Waals surface area contributed by atoms with Crippen molar-refractivity contribution in [3.05, 3.63) is 70.8 Å². The van der Waals surface area contributed by atoms with Crippen LogP contribution in [0.15, 0.2) is 48.5 Å². The molecule has 2 aromatic rings. The summed E-state index contributed by atoms with van der Waals surface area (Å²) in [6, 6.07) is 19.4. The highest BCUT2D eigenvalue weighted by Gasteiger charge is 2.60. The summed E-state index contributed by atoms with van der Waals surface area (Å²) in [7, 11) is 0. The number of nitrogens with zero attached hydrogens (tertiary/aromatic N) is 1. The standard InChI is InChI=1S/C25H29N.ClH/c1-17-24-21-12-5-4-10-19(21)22-14-25(24,23-13-7-6-11-20(22)23)16-26(17)15-18-8-2-3-9-18;/h4-7,10-13,17-18,22,24H,2-3,8-9,14-16H2,1H3;1H/t17-,22?,24-,25?;/m1./s1.